The molecule has 0 aromatic heterocycles. The summed E-state index contributed by atoms with van der Waals surface area (Å²) in [7, 11) is 0. The lowest BCUT2D eigenvalue weighted by Gasteiger charge is -2.00. The molecular formula is C9H6Cl2. The summed E-state index contributed by atoms with van der Waals surface area (Å²) in [6.45, 7) is 1.85. The Hall–Kier alpha value is -0.640. The molecule has 0 bridgehead atoms. The number of benzene rings is 1. The van der Waals surface area contributed by atoms with Gasteiger partial charge >= 0.3 is 0 Å². The van der Waals surface area contributed by atoms with E-state index in [2.05, 4.69) is 5.92 Å². The molecule has 0 saturated carbocycles. The molecule has 0 aliphatic heterocycles. The highest BCUT2D eigenvalue weighted by molar-refractivity contribution is 6.36. The Morgan fingerprint density at radius 3 is 2.09 bits per heavy atom. The van der Waals surface area contributed by atoms with Gasteiger partial charge in [-0.25, -0.2) is 0 Å². The molecular weight excluding hydrogens is 179 g/mol. The van der Waals surface area contributed by atoms with Crippen molar-refractivity contribution in [2.24, 2.45) is 0 Å². The Bertz CT molecular complexity index is 298. The van der Waals surface area contributed by atoms with E-state index in [0.717, 1.165) is 5.56 Å². The zero-order valence-electron chi connectivity index (χ0n) is 5.99. The van der Waals surface area contributed by atoms with Crippen molar-refractivity contribution in [3.05, 3.63) is 33.3 Å². The fraction of sp³-hybridized carbons (Fsp3) is 0.111. The predicted octanol–water partition coefficient (Wildman–Crippen LogP) is 3.28. The van der Waals surface area contributed by atoms with E-state index in [-0.39, 0.29) is 0 Å². The molecule has 56 valence electrons. The van der Waals surface area contributed by atoms with Crippen LogP contribution in [0.4, 0.5) is 0 Å². The molecule has 0 aliphatic rings. The maximum Gasteiger partial charge on any atom is 0.0462 e. The quantitative estimate of drug-likeness (QED) is 0.544. The molecule has 1 aromatic carbocycles. The van der Waals surface area contributed by atoms with Crippen LogP contribution in [0.1, 0.15) is 11.1 Å². The van der Waals surface area contributed by atoms with Gasteiger partial charge in [-0.15, -0.1) is 6.42 Å². The Balaban J connectivity index is 3.35. The summed E-state index contributed by atoms with van der Waals surface area (Å²) in [4.78, 5) is 0. The Morgan fingerprint density at radius 1 is 1.27 bits per heavy atom. The van der Waals surface area contributed by atoms with Crippen LogP contribution in [0.3, 0.4) is 0 Å². The van der Waals surface area contributed by atoms with Crippen LogP contribution in [-0.4, -0.2) is 0 Å². The van der Waals surface area contributed by atoms with Crippen LogP contribution in [-0.2, 0) is 0 Å². The highest BCUT2D eigenvalue weighted by atomic mass is 35.5. The van der Waals surface area contributed by atoms with Crippen molar-refractivity contribution >= 4 is 23.2 Å². The van der Waals surface area contributed by atoms with Gasteiger partial charge in [0, 0.05) is 15.6 Å². The molecule has 0 N–H and O–H groups in total. The van der Waals surface area contributed by atoms with Gasteiger partial charge in [-0.05, 0) is 24.6 Å². The SMILES string of the molecule is C#Cc1cc(Cl)c(C)c(Cl)c1. The summed E-state index contributed by atoms with van der Waals surface area (Å²) in [6.07, 6.45) is 5.17. The first-order chi connectivity index (χ1) is 5.15. The molecule has 0 spiro atoms. The molecule has 0 fully saturated rings. The average Bonchev–Trinajstić information content (AvgIpc) is 1.99. The van der Waals surface area contributed by atoms with E-state index in [1.807, 2.05) is 6.92 Å². The van der Waals surface area contributed by atoms with Crippen LogP contribution in [0.25, 0.3) is 0 Å². The summed E-state index contributed by atoms with van der Waals surface area (Å²) < 4.78 is 0. The van der Waals surface area contributed by atoms with Gasteiger partial charge in [0.05, 0.1) is 0 Å². The first-order valence-corrected chi connectivity index (χ1v) is 3.83. The minimum atomic E-state index is 0.616. The van der Waals surface area contributed by atoms with Gasteiger partial charge in [0.25, 0.3) is 0 Å². The van der Waals surface area contributed by atoms with Gasteiger partial charge in [0.1, 0.15) is 0 Å². The molecule has 0 unspecified atom stereocenters. The molecule has 1 aromatic rings. The average molecular weight is 185 g/mol. The molecule has 0 aliphatic carbocycles. The van der Waals surface area contributed by atoms with E-state index in [0.29, 0.717) is 15.6 Å². The van der Waals surface area contributed by atoms with Crippen molar-refractivity contribution in [1.82, 2.24) is 0 Å². The molecule has 0 atom stereocenters. The third-order valence-corrected chi connectivity index (χ3v) is 2.23. The molecule has 0 amide bonds. The second-order valence-electron chi connectivity index (χ2n) is 2.21. The fourth-order valence-electron chi connectivity index (χ4n) is 0.729. The first kappa shape index (κ1) is 8.46. The van der Waals surface area contributed by atoms with E-state index in [1.54, 1.807) is 12.1 Å². The molecule has 0 saturated heterocycles. The molecule has 2 heteroatoms. The van der Waals surface area contributed by atoms with Crippen LogP contribution in [0.2, 0.25) is 10.0 Å². The van der Waals surface area contributed by atoms with Crippen LogP contribution < -0.4 is 0 Å². The molecule has 11 heavy (non-hydrogen) atoms. The lowest BCUT2D eigenvalue weighted by molar-refractivity contribution is 1.46. The summed E-state index contributed by atoms with van der Waals surface area (Å²) in [5, 5.41) is 1.23. The van der Waals surface area contributed by atoms with Crippen molar-refractivity contribution in [2.75, 3.05) is 0 Å². The van der Waals surface area contributed by atoms with Crippen LogP contribution in [0.5, 0.6) is 0 Å². The van der Waals surface area contributed by atoms with Crippen molar-refractivity contribution in [3.8, 4) is 12.3 Å². The number of halogens is 2. The topological polar surface area (TPSA) is 0 Å². The number of hydrogen-bond donors (Lipinski definition) is 0. The minimum Gasteiger partial charge on any atom is -0.115 e. The van der Waals surface area contributed by atoms with Gasteiger partial charge in [-0.1, -0.05) is 29.1 Å². The van der Waals surface area contributed by atoms with Crippen LogP contribution in [0, 0.1) is 19.3 Å². The fourth-order valence-corrected chi connectivity index (χ4v) is 1.22. The van der Waals surface area contributed by atoms with E-state index in [9.17, 15) is 0 Å². The van der Waals surface area contributed by atoms with Crippen molar-refractivity contribution in [2.45, 2.75) is 6.92 Å². The van der Waals surface area contributed by atoms with Crippen LogP contribution in [0.15, 0.2) is 12.1 Å². The molecule has 0 radical (unpaired) electrons. The monoisotopic (exact) mass is 184 g/mol. The lowest BCUT2D eigenvalue weighted by atomic mass is 10.1. The van der Waals surface area contributed by atoms with Crippen molar-refractivity contribution in [3.63, 3.8) is 0 Å². The third kappa shape index (κ3) is 1.68. The summed E-state index contributed by atoms with van der Waals surface area (Å²) in [5.74, 6) is 2.47. The molecule has 0 nitrogen and oxygen atoms in total. The van der Waals surface area contributed by atoms with E-state index >= 15 is 0 Å². The molecule has 0 heterocycles. The summed E-state index contributed by atoms with van der Waals surface area (Å²) in [6, 6.07) is 3.45. The second kappa shape index (κ2) is 3.17. The van der Waals surface area contributed by atoms with E-state index in [4.69, 9.17) is 29.6 Å². The van der Waals surface area contributed by atoms with Crippen molar-refractivity contribution in [1.29, 1.82) is 0 Å². The third-order valence-electron chi connectivity index (χ3n) is 1.45. The minimum absolute atomic E-state index is 0.616. The number of terminal acetylenes is 1. The standard InChI is InChI=1S/C9H6Cl2/c1-3-7-4-8(10)6(2)9(11)5-7/h1,4-5H,2H3. The Kier molecular flexibility index (Phi) is 2.44. The van der Waals surface area contributed by atoms with Gasteiger partial charge < -0.3 is 0 Å². The van der Waals surface area contributed by atoms with E-state index in [1.165, 1.54) is 0 Å². The van der Waals surface area contributed by atoms with Gasteiger partial charge in [-0.3, -0.25) is 0 Å². The maximum absolute atomic E-state index is 5.82. The zero-order chi connectivity index (χ0) is 8.43. The van der Waals surface area contributed by atoms with Crippen molar-refractivity contribution < 1.29 is 0 Å². The first-order valence-electron chi connectivity index (χ1n) is 3.07. The largest absolute Gasteiger partial charge is 0.115 e. The highest BCUT2D eigenvalue weighted by Crippen LogP contribution is 2.24. The lowest BCUT2D eigenvalue weighted by Crippen LogP contribution is -1.80. The smallest absolute Gasteiger partial charge is 0.0462 e. The van der Waals surface area contributed by atoms with Gasteiger partial charge in [0.2, 0.25) is 0 Å². The van der Waals surface area contributed by atoms with E-state index < -0.39 is 0 Å². The number of hydrogen-bond acceptors (Lipinski definition) is 0. The normalized spacial score (nSPS) is 9.27. The summed E-state index contributed by atoms with van der Waals surface area (Å²) in [5.41, 5.74) is 1.58. The number of rotatable bonds is 0. The summed E-state index contributed by atoms with van der Waals surface area (Å²) >= 11 is 11.6. The predicted molar refractivity (Wildman–Crippen MR) is 49.1 cm³/mol. The Labute approximate surface area is 76.1 Å². The highest BCUT2D eigenvalue weighted by Gasteiger charge is 2.01. The van der Waals surface area contributed by atoms with Gasteiger partial charge in [0.15, 0.2) is 0 Å². The molecule has 1 rings (SSSR count). The van der Waals surface area contributed by atoms with Gasteiger partial charge in [-0.2, -0.15) is 0 Å². The second-order valence-corrected chi connectivity index (χ2v) is 3.02. The Morgan fingerprint density at radius 2 is 1.73 bits per heavy atom. The maximum atomic E-state index is 5.82. The van der Waals surface area contributed by atoms with Crippen LogP contribution >= 0.6 is 23.2 Å². The zero-order valence-corrected chi connectivity index (χ0v) is 7.50.